The van der Waals surface area contributed by atoms with Crippen LogP contribution in [0.4, 0.5) is 0 Å². The van der Waals surface area contributed by atoms with Crippen molar-refractivity contribution in [2.45, 2.75) is 39.3 Å². The van der Waals surface area contributed by atoms with E-state index in [1.807, 2.05) is 6.20 Å². The van der Waals surface area contributed by atoms with Crippen molar-refractivity contribution in [2.24, 2.45) is 7.05 Å². The number of rotatable bonds is 4. The van der Waals surface area contributed by atoms with E-state index in [4.69, 9.17) is 4.98 Å². The van der Waals surface area contributed by atoms with Crippen LogP contribution in [0.3, 0.4) is 0 Å². The van der Waals surface area contributed by atoms with Crippen LogP contribution < -0.4 is 0 Å². The Morgan fingerprint density at radius 2 is 2.08 bits per heavy atom. The lowest BCUT2D eigenvalue weighted by atomic mass is 10.1. The molecule has 0 bridgehead atoms. The third-order valence-electron chi connectivity index (χ3n) is 4.92. The molecule has 124 valence electrons. The van der Waals surface area contributed by atoms with E-state index in [2.05, 4.69) is 58.9 Å². The highest BCUT2D eigenvalue weighted by atomic mass is 15.1. The van der Waals surface area contributed by atoms with Gasteiger partial charge in [0.25, 0.3) is 0 Å². The molecule has 1 aliphatic rings. The van der Waals surface area contributed by atoms with Crippen LogP contribution in [-0.4, -0.2) is 26.0 Å². The van der Waals surface area contributed by atoms with Gasteiger partial charge >= 0.3 is 0 Å². The van der Waals surface area contributed by atoms with E-state index in [1.54, 1.807) is 0 Å². The second-order valence-corrected chi connectivity index (χ2v) is 6.75. The van der Waals surface area contributed by atoms with E-state index in [0.29, 0.717) is 0 Å². The fourth-order valence-corrected chi connectivity index (χ4v) is 3.67. The first kappa shape index (κ1) is 15.3. The number of aromatic nitrogens is 3. The first-order valence-electron chi connectivity index (χ1n) is 8.83. The average Bonchev–Trinajstić information content (AvgIpc) is 2.91. The third kappa shape index (κ3) is 2.82. The molecule has 1 aromatic carbocycles. The van der Waals surface area contributed by atoms with Crippen molar-refractivity contribution >= 4 is 10.9 Å². The molecule has 24 heavy (non-hydrogen) atoms. The number of para-hydroxylation sites is 1. The van der Waals surface area contributed by atoms with Crippen LogP contribution in [-0.2, 0) is 33.0 Å². The van der Waals surface area contributed by atoms with Gasteiger partial charge in [-0.15, -0.1) is 0 Å². The first-order valence-corrected chi connectivity index (χ1v) is 8.83. The molecule has 0 atom stereocenters. The predicted octanol–water partition coefficient (Wildman–Crippen LogP) is 3.48. The maximum absolute atomic E-state index is 4.80. The molecule has 4 rings (SSSR count). The van der Waals surface area contributed by atoms with Crippen molar-refractivity contribution in [3.05, 3.63) is 59.3 Å². The molecule has 0 fully saturated rings. The summed E-state index contributed by atoms with van der Waals surface area (Å²) in [4.78, 5) is 11.8. The Balaban J connectivity index is 1.57. The fraction of sp³-hybridized carbons (Fsp3) is 0.400. The molecule has 0 saturated carbocycles. The highest BCUT2D eigenvalue weighted by Gasteiger charge is 2.19. The van der Waals surface area contributed by atoms with Crippen LogP contribution >= 0.6 is 0 Å². The Bertz CT molecular complexity index is 865. The predicted molar refractivity (Wildman–Crippen MR) is 96.8 cm³/mol. The van der Waals surface area contributed by atoms with Gasteiger partial charge in [0.2, 0.25) is 0 Å². The van der Waals surface area contributed by atoms with Crippen LogP contribution in [0.15, 0.2) is 36.7 Å². The molecular formula is C20H24N4. The molecular weight excluding hydrogens is 296 g/mol. The molecule has 2 aromatic heterocycles. The maximum Gasteiger partial charge on any atom is 0.128 e. The van der Waals surface area contributed by atoms with Gasteiger partial charge in [-0.05, 0) is 30.0 Å². The number of hydrogen-bond donors (Lipinski definition) is 0. The lowest BCUT2D eigenvalue weighted by Gasteiger charge is -2.27. The molecule has 1 aliphatic heterocycles. The SMILES string of the molecule is CCCc1ncc2c(n1)CN(Cc1cn(C)c3ccccc13)CC2. The summed E-state index contributed by atoms with van der Waals surface area (Å²) in [6.45, 7) is 5.16. The summed E-state index contributed by atoms with van der Waals surface area (Å²) in [6.07, 6.45) is 7.42. The van der Waals surface area contributed by atoms with Gasteiger partial charge < -0.3 is 4.57 Å². The van der Waals surface area contributed by atoms with Gasteiger partial charge in [0.15, 0.2) is 0 Å². The summed E-state index contributed by atoms with van der Waals surface area (Å²) in [7, 11) is 2.13. The number of fused-ring (bicyclic) bond motifs is 2. The minimum absolute atomic E-state index is 0.928. The van der Waals surface area contributed by atoms with E-state index in [-0.39, 0.29) is 0 Å². The van der Waals surface area contributed by atoms with Crippen LogP contribution in [0.25, 0.3) is 10.9 Å². The van der Waals surface area contributed by atoms with E-state index in [0.717, 1.165) is 44.7 Å². The first-order chi connectivity index (χ1) is 11.7. The minimum atomic E-state index is 0.928. The summed E-state index contributed by atoms with van der Waals surface area (Å²) >= 11 is 0. The molecule has 4 heteroatoms. The molecule has 0 radical (unpaired) electrons. The summed E-state index contributed by atoms with van der Waals surface area (Å²) in [5.74, 6) is 0.989. The lowest BCUT2D eigenvalue weighted by Crippen LogP contribution is -2.31. The molecule has 3 heterocycles. The van der Waals surface area contributed by atoms with Crippen molar-refractivity contribution in [2.75, 3.05) is 6.54 Å². The zero-order valence-corrected chi connectivity index (χ0v) is 14.5. The van der Waals surface area contributed by atoms with Gasteiger partial charge in [-0.25, -0.2) is 9.97 Å². The highest BCUT2D eigenvalue weighted by Crippen LogP contribution is 2.24. The Morgan fingerprint density at radius 1 is 1.21 bits per heavy atom. The van der Waals surface area contributed by atoms with Gasteiger partial charge in [-0.3, -0.25) is 4.90 Å². The van der Waals surface area contributed by atoms with Crippen molar-refractivity contribution in [3.63, 3.8) is 0 Å². The van der Waals surface area contributed by atoms with Crippen molar-refractivity contribution in [1.82, 2.24) is 19.4 Å². The maximum atomic E-state index is 4.80. The van der Waals surface area contributed by atoms with Gasteiger partial charge in [-0.1, -0.05) is 25.1 Å². The molecule has 0 spiro atoms. The van der Waals surface area contributed by atoms with Gasteiger partial charge in [0, 0.05) is 56.4 Å². The molecule has 3 aromatic rings. The van der Waals surface area contributed by atoms with Gasteiger partial charge in [0.1, 0.15) is 5.82 Å². The van der Waals surface area contributed by atoms with Crippen molar-refractivity contribution < 1.29 is 0 Å². The summed E-state index contributed by atoms with van der Waals surface area (Å²) in [6, 6.07) is 8.65. The quantitative estimate of drug-likeness (QED) is 0.738. The second kappa shape index (κ2) is 6.36. The normalized spacial score (nSPS) is 14.9. The Labute approximate surface area is 143 Å². The summed E-state index contributed by atoms with van der Waals surface area (Å²) in [5, 5.41) is 1.36. The number of nitrogens with zero attached hydrogens (tertiary/aromatic N) is 4. The van der Waals surface area contributed by atoms with E-state index < -0.39 is 0 Å². The standard InChI is InChI=1S/C20H24N4/c1-3-6-20-21-11-15-9-10-24(14-18(15)22-20)13-16-12-23(2)19-8-5-4-7-17(16)19/h4-5,7-8,11-12H,3,6,9-10,13-14H2,1-2H3. The smallest absolute Gasteiger partial charge is 0.128 e. The van der Waals surface area contributed by atoms with E-state index in [9.17, 15) is 0 Å². The van der Waals surface area contributed by atoms with Crippen LogP contribution in [0.5, 0.6) is 0 Å². The molecule has 0 aliphatic carbocycles. The molecule has 4 nitrogen and oxygen atoms in total. The third-order valence-corrected chi connectivity index (χ3v) is 4.92. The van der Waals surface area contributed by atoms with Crippen LogP contribution in [0.1, 0.15) is 36.0 Å². The fourth-order valence-electron chi connectivity index (χ4n) is 3.67. The zero-order valence-electron chi connectivity index (χ0n) is 14.5. The molecule has 0 unspecified atom stereocenters. The summed E-state index contributed by atoms with van der Waals surface area (Å²) in [5.41, 5.74) is 5.25. The molecule has 0 amide bonds. The molecule has 0 saturated heterocycles. The zero-order chi connectivity index (χ0) is 16.5. The Kier molecular flexibility index (Phi) is 4.07. The summed E-state index contributed by atoms with van der Waals surface area (Å²) < 4.78 is 2.23. The van der Waals surface area contributed by atoms with Gasteiger partial charge in [-0.2, -0.15) is 0 Å². The minimum Gasteiger partial charge on any atom is -0.350 e. The topological polar surface area (TPSA) is 34.0 Å². The largest absolute Gasteiger partial charge is 0.350 e. The van der Waals surface area contributed by atoms with Gasteiger partial charge in [0.05, 0.1) is 5.69 Å². The van der Waals surface area contributed by atoms with E-state index in [1.165, 1.54) is 27.7 Å². The lowest BCUT2D eigenvalue weighted by molar-refractivity contribution is 0.241. The number of aryl methyl sites for hydroxylation is 2. The van der Waals surface area contributed by atoms with Crippen molar-refractivity contribution in [3.8, 4) is 0 Å². The van der Waals surface area contributed by atoms with Crippen LogP contribution in [0.2, 0.25) is 0 Å². The highest BCUT2D eigenvalue weighted by molar-refractivity contribution is 5.83. The number of hydrogen-bond acceptors (Lipinski definition) is 3. The average molecular weight is 320 g/mol. The number of benzene rings is 1. The second-order valence-electron chi connectivity index (χ2n) is 6.75. The molecule has 0 N–H and O–H groups in total. The van der Waals surface area contributed by atoms with Crippen LogP contribution in [0, 0.1) is 0 Å². The van der Waals surface area contributed by atoms with Crippen molar-refractivity contribution in [1.29, 1.82) is 0 Å². The monoisotopic (exact) mass is 320 g/mol. The Hall–Kier alpha value is -2.20. The Morgan fingerprint density at radius 3 is 2.96 bits per heavy atom. The van der Waals surface area contributed by atoms with E-state index >= 15 is 0 Å².